The van der Waals surface area contributed by atoms with Gasteiger partial charge in [0.15, 0.2) is 0 Å². The number of hydrogen-bond acceptors (Lipinski definition) is 5. The lowest BCUT2D eigenvalue weighted by Gasteiger charge is -2.39. The average Bonchev–Trinajstić information content (AvgIpc) is 2.25. The summed E-state index contributed by atoms with van der Waals surface area (Å²) in [5.74, 6) is 0.239. The van der Waals surface area contributed by atoms with E-state index in [4.69, 9.17) is 9.84 Å². The standard InChI is InChI=1S/C12H20O6/c1-12(2,3)8-6-4-5-7-9(8)16-11(15)18-17-10(13)14/h8-9H,4-7H2,1-3H3,(H,13,14). The molecule has 0 aromatic rings. The first kappa shape index (κ1) is 14.6. The van der Waals surface area contributed by atoms with Crippen molar-refractivity contribution in [2.45, 2.75) is 52.6 Å². The predicted octanol–water partition coefficient (Wildman–Crippen LogP) is 3.35. The molecule has 0 bridgehead atoms. The van der Waals surface area contributed by atoms with E-state index in [1.165, 1.54) is 0 Å². The lowest BCUT2D eigenvalue weighted by Crippen LogP contribution is -2.38. The fourth-order valence-corrected chi connectivity index (χ4v) is 2.44. The topological polar surface area (TPSA) is 82.1 Å². The lowest BCUT2D eigenvalue weighted by atomic mass is 9.71. The summed E-state index contributed by atoms with van der Waals surface area (Å²) in [7, 11) is 0. The van der Waals surface area contributed by atoms with Crippen LogP contribution in [0, 0.1) is 11.3 Å². The number of carbonyl (C=O) groups is 2. The van der Waals surface area contributed by atoms with Crippen LogP contribution in [0.1, 0.15) is 46.5 Å². The maximum absolute atomic E-state index is 11.3. The minimum Gasteiger partial charge on any atom is -0.447 e. The van der Waals surface area contributed by atoms with E-state index in [1.807, 2.05) is 0 Å². The van der Waals surface area contributed by atoms with Gasteiger partial charge in [-0.05, 0) is 24.7 Å². The highest BCUT2D eigenvalue weighted by molar-refractivity contribution is 5.62. The molecule has 0 heterocycles. The minimum atomic E-state index is -1.68. The molecule has 0 radical (unpaired) electrons. The summed E-state index contributed by atoms with van der Waals surface area (Å²) in [5.41, 5.74) is 0.0268. The monoisotopic (exact) mass is 260 g/mol. The van der Waals surface area contributed by atoms with E-state index in [9.17, 15) is 9.59 Å². The van der Waals surface area contributed by atoms with Crippen LogP contribution in [0.5, 0.6) is 0 Å². The molecule has 1 rings (SSSR count). The van der Waals surface area contributed by atoms with Crippen molar-refractivity contribution in [2.75, 3.05) is 0 Å². The van der Waals surface area contributed by atoms with Gasteiger partial charge in [0.25, 0.3) is 0 Å². The highest BCUT2D eigenvalue weighted by Gasteiger charge is 2.37. The van der Waals surface area contributed by atoms with Crippen molar-refractivity contribution in [3.05, 3.63) is 0 Å². The van der Waals surface area contributed by atoms with Crippen molar-refractivity contribution < 1.29 is 29.2 Å². The number of hydrogen-bond donors (Lipinski definition) is 1. The molecule has 0 aliphatic heterocycles. The number of rotatable bonds is 1. The molecule has 6 heteroatoms. The predicted molar refractivity (Wildman–Crippen MR) is 61.9 cm³/mol. The quantitative estimate of drug-likeness (QED) is 0.442. The third-order valence-corrected chi connectivity index (χ3v) is 3.24. The molecule has 0 saturated heterocycles. The van der Waals surface area contributed by atoms with Crippen LogP contribution in [0.15, 0.2) is 0 Å². The van der Waals surface area contributed by atoms with Crippen molar-refractivity contribution in [1.82, 2.24) is 0 Å². The van der Waals surface area contributed by atoms with Gasteiger partial charge >= 0.3 is 12.3 Å². The Kier molecular flexibility index (Phi) is 4.81. The zero-order valence-electron chi connectivity index (χ0n) is 11.0. The molecule has 6 nitrogen and oxygen atoms in total. The van der Waals surface area contributed by atoms with Crippen LogP contribution in [0.4, 0.5) is 9.59 Å². The largest absolute Gasteiger partial charge is 0.550 e. The Morgan fingerprint density at radius 1 is 1.11 bits per heavy atom. The summed E-state index contributed by atoms with van der Waals surface area (Å²) in [6.07, 6.45) is 0.836. The molecule has 18 heavy (non-hydrogen) atoms. The molecule has 104 valence electrons. The van der Waals surface area contributed by atoms with Gasteiger partial charge in [-0.15, -0.1) is 0 Å². The zero-order valence-corrected chi connectivity index (χ0v) is 11.0. The summed E-state index contributed by atoms with van der Waals surface area (Å²) in [5, 5.41) is 8.19. The first-order valence-corrected chi connectivity index (χ1v) is 6.09. The van der Waals surface area contributed by atoms with Crippen molar-refractivity contribution in [3.8, 4) is 0 Å². The van der Waals surface area contributed by atoms with Gasteiger partial charge < -0.3 is 9.84 Å². The van der Waals surface area contributed by atoms with Gasteiger partial charge in [0, 0.05) is 5.92 Å². The molecule has 0 spiro atoms. The van der Waals surface area contributed by atoms with Crippen molar-refractivity contribution in [3.63, 3.8) is 0 Å². The van der Waals surface area contributed by atoms with Gasteiger partial charge in [0.05, 0.1) is 0 Å². The van der Waals surface area contributed by atoms with E-state index in [0.717, 1.165) is 25.7 Å². The van der Waals surface area contributed by atoms with Gasteiger partial charge in [-0.25, -0.2) is 9.68 Å². The van der Waals surface area contributed by atoms with Gasteiger partial charge in [0.1, 0.15) is 6.10 Å². The molecule has 1 fully saturated rings. The van der Waals surface area contributed by atoms with Crippen LogP contribution in [0.3, 0.4) is 0 Å². The van der Waals surface area contributed by atoms with Crippen LogP contribution in [-0.4, -0.2) is 23.5 Å². The molecular weight excluding hydrogens is 240 g/mol. The Morgan fingerprint density at radius 2 is 1.72 bits per heavy atom. The first-order chi connectivity index (χ1) is 8.30. The lowest BCUT2D eigenvalue weighted by molar-refractivity contribution is -0.221. The maximum Gasteiger partial charge on any atom is 0.550 e. The van der Waals surface area contributed by atoms with Gasteiger partial charge in [-0.2, -0.15) is 9.68 Å². The third kappa shape index (κ3) is 4.43. The summed E-state index contributed by atoms with van der Waals surface area (Å²) in [6.45, 7) is 6.29. The van der Waals surface area contributed by atoms with Gasteiger partial charge in [0.2, 0.25) is 0 Å². The second kappa shape index (κ2) is 5.93. The molecule has 1 aliphatic rings. The van der Waals surface area contributed by atoms with Gasteiger partial charge in [-0.3, -0.25) is 0 Å². The Balaban J connectivity index is 2.52. The highest BCUT2D eigenvalue weighted by atomic mass is 17.3. The first-order valence-electron chi connectivity index (χ1n) is 6.09. The van der Waals surface area contributed by atoms with Crippen molar-refractivity contribution >= 4 is 12.3 Å². The fourth-order valence-electron chi connectivity index (χ4n) is 2.44. The maximum atomic E-state index is 11.3. The van der Waals surface area contributed by atoms with Crippen molar-refractivity contribution in [2.24, 2.45) is 11.3 Å². The SMILES string of the molecule is CC(C)(C)C1CCCCC1OC(=O)OOC(=O)O. The fraction of sp³-hybridized carbons (Fsp3) is 0.833. The molecular formula is C12H20O6. The number of ether oxygens (including phenoxy) is 1. The van der Waals surface area contributed by atoms with E-state index >= 15 is 0 Å². The molecule has 1 aliphatic carbocycles. The van der Waals surface area contributed by atoms with E-state index < -0.39 is 12.3 Å². The highest BCUT2D eigenvalue weighted by Crippen LogP contribution is 2.39. The second-order valence-electron chi connectivity index (χ2n) is 5.60. The van der Waals surface area contributed by atoms with Gasteiger partial charge in [-0.1, -0.05) is 27.2 Å². The van der Waals surface area contributed by atoms with Crippen LogP contribution in [-0.2, 0) is 14.5 Å². The Labute approximate surface area is 106 Å². The second-order valence-corrected chi connectivity index (χ2v) is 5.60. The Morgan fingerprint density at radius 3 is 2.28 bits per heavy atom. The van der Waals surface area contributed by atoms with E-state index in [-0.39, 0.29) is 17.4 Å². The molecule has 2 unspecified atom stereocenters. The van der Waals surface area contributed by atoms with E-state index in [0.29, 0.717) is 0 Å². The van der Waals surface area contributed by atoms with Crippen LogP contribution < -0.4 is 0 Å². The smallest absolute Gasteiger partial charge is 0.447 e. The average molecular weight is 260 g/mol. The summed E-state index contributed by atoms with van der Waals surface area (Å²) in [6, 6.07) is 0. The number of carboxylic acid groups (broad SMARTS) is 1. The minimum absolute atomic E-state index is 0.0268. The normalized spacial score (nSPS) is 24.2. The summed E-state index contributed by atoms with van der Waals surface area (Å²) >= 11 is 0. The molecule has 0 amide bonds. The Hall–Kier alpha value is -1.46. The number of carbonyl (C=O) groups excluding carboxylic acids is 1. The van der Waals surface area contributed by atoms with Crippen LogP contribution in [0.25, 0.3) is 0 Å². The summed E-state index contributed by atoms with van der Waals surface area (Å²) < 4.78 is 5.13. The zero-order chi connectivity index (χ0) is 13.8. The summed E-state index contributed by atoms with van der Waals surface area (Å²) in [4.78, 5) is 29.0. The molecule has 1 N–H and O–H groups in total. The third-order valence-electron chi connectivity index (χ3n) is 3.24. The van der Waals surface area contributed by atoms with Crippen molar-refractivity contribution in [1.29, 1.82) is 0 Å². The van der Waals surface area contributed by atoms with E-state index in [1.54, 1.807) is 0 Å². The molecule has 0 aromatic carbocycles. The molecule has 2 atom stereocenters. The van der Waals surface area contributed by atoms with Crippen LogP contribution in [0.2, 0.25) is 0 Å². The molecule has 1 saturated carbocycles. The Bertz CT molecular complexity index is 306. The van der Waals surface area contributed by atoms with Crippen LogP contribution >= 0.6 is 0 Å². The van der Waals surface area contributed by atoms with E-state index in [2.05, 4.69) is 30.5 Å². The molecule has 0 aromatic heterocycles.